The minimum Gasteiger partial charge on any atom is -0.477 e. The maximum Gasteiger partial charge on any atom is 0.354 e. The fourth-order valence-electron chi connectivity index (χ4n) is 3.33. The molecule has 0 aliphatic carbocycles. The first kappa shape index (κ1) is 22.3. The van der Waals surface area contributed by atoms with Gasteiger partial charge in [-0.05, 0) is 18.2 Å². The molecule has 3 aromatic rings. The van der Waals surface area contributed by atoms with Gasteiger partial charge in [-0.2, -0.15) is 4.98 Å². The van der Waals surface area contributed by atoms with Gasteiger partial charge in [0.1, 0.15) is 23.6 Å². The van der Waals surface area contributed by atoms with Gasteiger partial charge in [0.25, 0.3) is 0 Å². The summed E-state index contributed by atoms with van der Waals surface area (Å²) in [5, 5.41) is 9.15. The van der Waals surface area contributed by atoms with Crippen molar-refractivity contribution >= 4 is 31.2 Å². The average molecular weight is 457 g/mol. The number of aromatic nitrogens is 5. The van der Waals surface area contributed by atoms with Gasteiger partial charge in [-0.3, -0.25) is 4.57 Å². The molecule has 0 spiro atoms. The second-order valence-electron chi connectivity index (χ2n) is 8.94. The molecule has 170 valence electrons. The highest BCUT2D eigenvalue weighted by Gasteiger charge is 2.21. The number of hydrogen-bond donors (Lipinski definition) is 1. The molecule has 0 bridgehead atoms. The number of rotatable bonds is 8. The van der Waals surface area contributed by atoms with Crippen LogP contribution in [0.25, 0.3) is 22.4 Å². The Bertz CT molecular complexity index is 1090. The first-order valence-corrected chi connectivity index (χ1v) is 14.4. The number of fused-ring (bicyclic) bond motifs is 1. The van der Waals surface area contributed by atoms with Gasteiger partial charge in [0, 0.05) is 39.5 Å². The van der Waals surface area contributed by atoms with Crippen molar-refractivity contribution in [3.05, 3.63) is 30.4 Å². The van der Waals surface area contributed by atoms with Crippen molar-refractivity contribution in [2.24, 2.45) is 0 Å². The molecule has 0 saturated carbocycles. The summed E-state index contributed by atoms with van der Waals surface area (Å²) >= 11 is 0. The summed E-state index contributed by atoms with van der Waals surface area (Å²) in [4.78, 5) is 31.4. The number of morpholine rings is 1. The fourth-order valence-corrected chi connectivity index (χ4v) is 4.09. The molecule has 4 rings (SSSR count). The third-order valence-electron chi connectivity index (χ3n) is 5.23. The Hall–Kier alpha value is -2.89. The summed E-state index contributed by atoms with van der Waals surface area (Å²) < 4.78 is 13.3. The van der Waals surface area contributed by atoms with Crippen LogP contribution in [0.2, 0.25) is 25.7 Å². The number of anilines is 1. The Labute approximate surface area is 187 Å². The first-order chi connectivity index (χ1) is 15.3. The van der Waals surface area contributed by atoms with E-state index >= 15 is 0 Å². The number of pyridine rings is 1. The smallest absolute Gasteiger partial charge is 0.354 e. The van der Waals surface area contributed by atoms with E-state index in [1.54, 1.807) is 12.4 Å². The molecule has 10 nitrogen and oxygen atoms in total. The lowest BCUT2D eigenvalue weighted by molar-refractivity contribution is 0.0690. The SMILES string of the molecule is C[Si](C)(C)CCOCn1cnc2c(-c3ccc(C(=O)O)nc3)nc(N3CCOCC3)nc21. The molecule has 0 amide bonds. The summed E-state index contributed by atoms with van der Waals surface area (Å²) in [7, 11) is -1.17. The quantitative estimate of drug-likeness (QED) is 0.403. The topological polar surface area (TPSA) is 115 Å². The average Bonchev–Trinajstić information content (AvgIpc) is 3.19. The van der Waals surface area contributed by atoms with Crippen molar-refractivity contribution in [3.8, 4) is 11.3 Å². The Balaban J connectivity index is 1.69. The Morgan fingerprint density at radius 2 is 1.97 bits per heavy atom. The van der Waals surface area contributed by atoms with Crippen molar-refractivity contribution in [2.75, 3.05) is 37.8 Å². The lowest BCUT2D eigenvalue weighted by atomic mass is 10.1. The van der Waals surface area contributed by atoms with Crippen LogP contribution in [0.4, 0.5) is 5.95 Å². The van der Waals surface area contributed by atoms with E-state index < -0.39 is 14.0 Å². The molecule has 0 radical (unpaired) electrons. The number of carboxylic acids is 1. The van der Waals surface area contributed by atoms with Crippen LogP contribution in [0, 0.1) is 0 Å². The fraction of sp³-hybridized carbons (Fsp3) is 0.476. The predicted molar refractivity (Wildman–Crippen MR) is 123 cm³/mol. The van der Waals surface area contributed by atoms with Crippen molar-refractivity contribution in [3.63, 3.8) is 0 Å². The highest BCUT2D eigenvalue weighted by atomic mass is 28.3. The highest BCUT2D eigenvalue weighted by molar-refractivity contribution is 6.76. The van der Waals surface area contributed by atoms with Gasteiger partial charge in [0.2, 0.25) is 5.95 Å². The van der Waals surface area contributed by atoms with E-state index in [-0.39, 0.29) is 5.69 Å². The van der Waals surface area contributed by atoms with Crippen LogP contribution in [0.1, 0.15) is 10.5 Å². The molecule has 1 fully saturated rings. The zero-order valence-electron chi connectivity index (χ0n) is 18.6. The van der Waals surface area contributed by atoms with Crippen LogP contribution < -0.4 is 4.90 Å². The van der Waals surface area contributed by atoms with E-state index in [1.165, 1.54) is 12.3 Å². The second kappa shape index (κ2) is 9.31. The van der Waals surface area contributed by atoms with Crippen LogP contribution in [0.5, 0.6) is 0 Å². The van der Waals surface area contributed by atoms with Gasteiger partial charge in [-0.15, -0.1) is 0 Å². The molecule has 1 aliphatic heterocycles. The van der Waals surface area contributed by atoms with Crippen molar-refractivity contribution in [1.29, 1.82) is 0 Å². The Kier molecular flexibility index (Phi) is 6.49. The van der Waals surface area contributed by atoms with Crippen LogP contribution in [0.3, 0.4) is 0 Å². The number of imidazole rings is 1. The highest BCUT2D eigenvalue weighted by Crippen LogP contribution is 2.27. The van der Waals surface area contributed by atoms with E-state index in [9.17, 15) is 4.79 Å². The zero-order chi connectivity index (χ0) is 22.7. The number of ether oxygens (including phenoxy) is 2. The maximum atomic E-state index is 11.2. The maximum absolute atomic E-state index is 11.2. The molecule has 0 unspecified atom stereocenters. The van der Waals surface area contributed by atoms with E-state index in [2.05, 4.69) is 34.5 Å². The normalized spacial score (nSPS) is 14.8. The molecule has 1 saturated heterocycles. The van der Waals surface area contributed by atoms with E-state index in [4.69, 9.17) is 24.5 Å². The summed E-state index contributed by atoms with van der Waals surface area (Å²) in [6.07, 6.45) is 3.22. The van der Waals surface area contributed by atoms with Crippen LogP contribution in [-0.2, 0) is 16.2 Å². The summed E-state index contributed by atoms with van der Waals surface area (Å²) in [5.41, 5.74) is 2.57. The number of aromatic carboxylic acids is 1. The standard InChI is InChI=1S/C21H28N6O4Si/c1-32(2,3)11-10-31-14-27-13-23-18-17(15-4-5-16(20(28)29)22-12-15)24-21(25-19(18)27)26-6-8-30-9-7-26/h4-5,12-13H,6-11,14H2,1-3H3,(H,28,29). The largest absolute Gasteiger partial charge is 0.477 e. The van der Waals surface area contributed by atoms with Crippen molar-refractivity contribution < 1.29 is 19.4 Å². The molecule has 4 heterocycles. The third-order valence-corrected chi connectivity index (χ3v) is 6.93. The molecular formula is C21H28N6O4Si. The lowest BCUT2D eigenvalue weighted by Gasteiger charge is -2.27. The van der Waals surface area contributed by atoms with Gasteiger partial charge in [-0.1, -0.05) is 19.6 Å². The molecule has 11 heteroatoms. The number of carbonyl (C=O) groups is 1. The van der Waals surface area contributed by atoms with Gasteiger partial charge in [0.05, 0.1) is 19.5 Å². The lowest BCUT2D eigenvalue weighted by Crippen LogP contribution is -2.37. The number of carboxylic acid groups (broad SMARTS) is 1. The van der Waals surface area contributed by atoms with Crippen LogP contribution in [0.15, 0.2) is 24.7 Å². The van der Waals surface area contributed by atoms with Crippen LogP contribution in [-0.4, -0.2) is 76.6 Å². The minimum atomic E-state index is -1.17. The molecule has 32 heavy (non-hydrogen) atoms. The van der Waals surface area contributed by atoms with Crippen molar-refractivity contribution in [2.45, 2.75) is 32.4 Å². The molecule has 1 aliphatic rings. The number of hydrogen-bond acceptors (Lipinski definition) is 8. The summed E-state index contributed by atoms with van der Waals surface area (Å²) in [5.74, 6) is -0.486. The van der Waals surface area contributed by atoms with E-state index in [0.717, 1.165) is 6.04 Å². The zero-order valence-corrected chi connectivity index (χ0v) is 19.6. The van der Waals surface area contributed by atoms with Crippen LogP contribution >= 0.6 is 0 Å². The van der Waals surface area contributed by atoms with Gasteiger partial charge < -0.3 is 19.5 Å². The number of nitrogens with zero attached hydrogens (tertiary/aromatic N) is 6. The molecule has 0 atom stereocenters. The van der Waals surface area contributed by atoms with Gasteiger partial charge in [0.15, 0.2) is 5.65 Å². The summed E-state index contributed by atoms with van der Waals surface area (Å²) in [6.45, 7) is 10.6. The van der Waals surface area contributed by atoms with Gasteiger partial charge in [-0.25, -0.2) is 19.7 Å². The third kappa shape index (κ3) is 5.11. The van der Waals surface area contributed by atoms with E-state index in [0.29, 0.717) is 68.0 Å². The molecule has 0 aromatic carbocycles. The molecule has 1 N–H and O–H groups in total. The Morgan fingerprint density at radius 3 is 2.62 bits per heavy atom. The minimum absolute atomic E-state index is 0.0196. The van der Waals surface area contributed by atoms with Gasteiger partial charge >= 0.3 is 5.97 Å². The van der Waals surface area contributed by atoms with Crippen molar-refractivity contribution in [1.82, 2.24) is 24.5 Å². The molecular weight excluding hydrogens is 428 g/mol. The van der Waals surface area contributed by atoms with E-state index in [1.807, 2.05) is 4.57 Å². The monoisotopic (exact) mass is 456 g/mol. The predicted octanol–water partition coefficient (Wildman–Crippen LogP) is 2.74. The summed E-state index contributed by atoms with van der Waals surface area (Å²) in [6, 6.07) is 4.25. The molecule has 3 aromatic heterocycles. The second-order valence-corrected chi connectivity index (χ2v) is 14.6. The Morgan fingerprint density at radius 1 is 1.19 bits per heavy atom. The first-order valence-electron chi connectivity index (χ1n) is 10.6.